The highest BCUT2D eigenvalue weighted by atomic mass is 32.2. The zero-order valence-corrected chi connectivity index (χ0v) is 12.6. The van der Waals surface area contributed by atoms with Gasteiger partial charge < -0.3 is 4.57 Å². The molecule has 1 heterocycles. The fourth-order valence-electron chi connectivity index (χ4n) is 1.76. The summed E-state index contributed by atoms with van der Waals surface area (Å²) in [4.78, 5) is 4.11. The van der Waals surface area contributed by atoms with Crippen molar-refractivity contribution < 1.29 is 8.42 Å². The number of hydrogen-bond acceptors (Lipinski definition) is 4. The Morgan fingerprint density at radius 2 is 2.21 bits per heavy atom. The summed E-state index contributed by atoms with van der Waals surface area (Å²) in [6.45, 7) is 6.40. The van der Waals surface area contributed by atoms with Gasteiger partial charge in [0.15, 0.2) is 5.03 Å². The van der Waals surface area contributed by atoms with Crippen molar-refractivity contribution in [2.24, 2.45) is 5.92 Å². The third kappa shape index (κ3) is 3.55. The molecule has 0 saturated heterocycles. The van der Waals surface area contributed by atoms with E-state index in [0.717, 1.165) is 13.0 Å². The van der Waals surface area contributed by atoms with Gasteiger partial charge in [-0.1, -0.05) is 6.92 Å². The maximum Gasteiger partial charge on any atom is 0.261 e. The predicted octanol–water partition coefficient (Wildman–Crippen LogP) is 1.38. The highest BCUT2D eigenvalue weighted by Crippen LogP contribution is 2.15. The van der Waals surface area contributed by atoms with Crippen LogP contribution in [-0.2, 0) is 16.6 Å². The molecule has 0 saturated carbocycles. The maximum atomic E-state index is 12.3. The molecule has 1 aromatic rings. The minimum atomic E-state index is -3.61. The summed E-state index contributed by atoms with van der Waals surface area (Å²) in [6.07, 6.45) is 2.47. The lowest BCUT2D eigenvalue weighted by atomic mass is 10.2. The van der Waals surface area contributed by atoms with Crippen LogP contribution in [-0.4, -0.2) is 35.9 Å². The molecule has 0 aliphatic carbocycles. The van der Waals surface area contributed by atoms with Crippen LogP contribution in [0.1, 0.15) is 26.1 Å². The molecule has 0 fully saturated rings. The van der Waals surface area contributed by atoms with Gasteiger partial charge in [0.2, 0.25) is 0 Å². The zero-order valence-electron chi connectivity index (χ0n) is 11.8. The van der Waals surface area contributed by atoms with Crippen molar-refractivity contribution in [2.45, 2.75) is 38.8 Å². The third-order valence-electron chi connectivity index (χ3n) is 2.84. The first kappa shape index (κ1) is 15.7. The van der Waals surface area contributed by atoms with Gasteiger partial charge in [-0.3, -0.25) is 0 Å². The summed E-state index contributed by atoms with van der Waals surface area (Å²) in [7, 11) is -2.14. The molecule has 1 rings (SSSR count). The van der Waals surface area contributed by atoms with Crippen LogP contribution in [0.3, 0.4) is 0 Å². The molecular formula is C12H20N4O2S. The molecule has 1 aromatic heterocycles. The van der Waals surface area contributed by atoms with E-state index in [1.807, 2.05) is 17.6 Å². The average Bonchev–Trinajstić information content (AvgIpc) is 2.72. The molecule has 6 nitrogen and oxygen atoms in total. The number of nitriles is 1. The topological polar surface area (TPSA) is 79.0 Å². The van der Waals surface area contributed by atoms with E-state index in [1.54, 1.807) is 20.0 Å². The van der Waals surface area contributed by atoms with Crippen LogP contribution in [0.5, 0.6) is 0 Å². The molecule has 0 amide bonds. The molecule has 0 bridgehead atoms. The van der Waals surface area contributed by atoms with Crippen molar-refractivity contribution in [1.29, 1.82) is 5.26 Å². The summed E-state index contributed by atoms with van der Waals surface area (Å²) < 4.78 is 27.6. The van der Waals surface area contributed by atoms with Gasteiger partial charge in [-0.25, -0.2) is 13.4 Å². The standard InChI is InChI=1S/C12H20N4O2S/c1-5-6-16-9-12(14-11(16)3)19(17,18)15(4)8-10(2)7-13/h9-10H,5-6,8H2,1-4H3. The Kier molecular flexibility index (Phi) is 5.09. The van der Waals surface area contributed by atoms with Crippen molar-refractivity contribution in [3.8, 4) is 6.07 Å². The lowest BCUT2D eigenvalue weighted by Gasteiger charge is -2.16. The Balaban J connectivity index is 3.00. The second-order valence-corrected chi connectivity index (χ2v) is 6.63. The normalized spacial score (nSPS) is 13.5. The van der Waals surface area contributed by atoms with Gasteiger partial charge in [-0.15, -0.1) is 0 Å². The number of aryl methyl sites for hydroxylation is 2. The molecule has 0 spiro atoms. The van der Waals surface area contributed by atoms with Crippen LogP contribution in [0.15, 0.2) is 11.2 Å². The van der Waals surface area contributed by atoms with E-state index in [-0.39, 0.29) is 17.5 Å². The number of rotatable bonds is 6. The molecule has 0 N–H and O–H groups in total. The highest BCUT2D eigenvalue weighted by molar-refractivity contribution is 7.89. The minimum Gasteiger partial charge on any atom is -0.334 e. The molecule has 0 radical (unpaired) electrons. The predicted molar refractivity (Wildman–Crippen MR) is 71.8 cm³/mol. The quantitative estimate of drug-likeness (QED) is 0.790. The number of sulfonamides is 1. The van der Waals surface area contributed by atoms with Gasteiger partial charge in [0.1, 0.15) is 5.82 Å². The molecule has 0 aromatic carbocycles. The first-order valence-electron chi connectivity index (χ1n) is 6.22. The molecule has 1 atom stereocenters. The Labute approximate surface area is 114 Å². The lowest BCUT2D eigenvalue weighted by Crippen LogP contribution is -2.31. The van der Waals surface area contributed by atoms with E-state index < -0.39 is 10.0 Å². The summed E-state index contributed by atoms with van der Waals surface area (Å²) in [6, 6.07) is 2.02. The Morgan fingerprint density at radius 3 is 2.74 bits per heavy atom. The monoisotopic (exact) mass is 284 g/mol. The van der Waals surface area contributed by atoms with E-state index in [9.17, 15) is 8.42 Å². The van der Waals surface area contributed by atoms with Crippen molar-refractivity contribution in [1.82, 2.24) is 13.9 Å². The molecule has 7 heteroatoms. The van der Waals surface area contributed by atoms with E-state index in [4.69, 9.17) is 5.26 Å². The van der Waals surface area contributed by atoms with Crippen LogP contribution in [0.25, 0.3) is 0 Å². The first-order valence-corrected chi connectivity index (χ1v) is 7.66. The van der Waals surface area contributed by atoms with Crippen molar-refractivity contribution in [3.63, 3.8) is 0 Å². The molecule has 1 unspecified atom stereocenters. The molecule has 0 aliphatic rings. The summed E-state index contributed by atoms with van der Waals surface area (Å²) in [5, 5.41) is 8.79. The maximum absolute atomic E-state index is 12.3. The van der Waals surface area contributed by atoms with Crippen LogP contribution >= 0.6 is 0 Å². The highest BCUT2D eigenvalue weighted by Gasteiger charge is 2.25. The van der Waals surface area contributed by atoms with Crippen molar-refractivity contribution in [3.05, 3.63) is 12.0 Å². The van der Waals surface area contributed by atoms with Crippen molar-refractivity contribution >= 4 is 10.0 Å². The van der Waals surface area contributed by atoms with Crippen LogP contribution < -0.4 is 0 Å². The lowest BCUT2D eigenvalue weighted by molar-refractivity contribution is 0.437. The van der Waals surface area contributed by atoms with Gasteiger partial charge in [0, 0.05) is 26.3 Å². The molecule has 19 heavy (non-hydrogen) atoms. The Hall–Kier alpha value is -1.39. The van der Waals surface area contributed by atoms with E-state index in [0.29, 0.717) is 5.82 Å². The average molecular weight is 284 g/mol. The van der Waals surface area contributed by atoms with Gasteiger partial charge in [0.25, 0.3) is 10.0 Å². The van der Waals surface area contributed by atoms with Crippen LogP contribution in [0, 0.1) is 24.2 Å². The number of hydrogen-bond donors (Lipinski definition) is 0. The molecule has 0 aliphatic heterocycles. The van der Waals surface area contributed by atoms with Gasteiger partial charge in [-0.05, 0) is 20.3 Å². The van der Waals surface area contributed by atoms with Gasteiger partial charge >= 0.3 is 0 Å². The SMILES string of the molecule is CCCn1cc(S(=O)(=O)N(C)CC(C)C#N)nc1C. The minimum absolute atomic E-state index is 0.0473. The second-order valence-electron chi connectivity index (χ2n) is 4.64. The molecular weight excluding hydrogens is 264 g/mol. The summed E-state index contributed by atoms with van der Waals surface area (Å²) >= 11 is 0. The third-order valence-corrected chi connectivity index (χ3v) is 4.54. The van der Waals surface area contributed by atoms with Crippen LogP contribution in [0.4, 0.5) is 0 Å². The van der Waals surface area contributed by atoms with E-state index in [2.05, 4.69) is 4.98 Å². The van der Waals surface area contributed by atoms with Crippen LogP contribution in [0.2, 0.25) is 0 Å². The number of nitrogens with zero attached hydrogens (tertiary/aromatic N) is 4. The summed E-state index contributed by atoms with van der Waals surface area (Å²) in [5.74, 6) is 0.334. The smallest absolute Gasteiger partial charge is 0.261 e. The van der Waals surface area contributed by atoms with Crippen molar-refractivity contribution in [2.75, 3.05) is 13.6 Å². The molecule has 106 valence electrons. The van der Waals surface area contributed by atoms with Gasteiger partial charge in [0.05, 0.1) is 12.0 Å². The Morgan fingerprint density at radius 1 is 1.58 bits per heavy atom. The number of aromatic nitrogens is 2. The first-order chi connectivity index (χ1) is 8.82. The van der Waals surface area contributed by atoms with E-state index in [1.165, 1.54) is 11.4 Å². The fourth-order valence-corrected chi connectivity index (χ4v) is 3.00. The van der Waals surface area contributed by atoms with E-state index >= 15 is 0 Å². The number of imidazole rings is 1. The Bertz CT molecular complexity index is 571. The fraction of sp³-hybridized carbons (Fsp3) is 0.667. The second kappa shape index (κ2) is 6.17. The zero-order chi connectivity index (χ0) is 14.6. The van der Waals surface area contributed by atoms with Gasteiger partial charge in [-0.2, -0.15) is 9.57 Å². The summed E-state index contributed by atoms with van der Waals surface area (Å²) in [5.41, 5.74) is 0. The largest absolute Gasteiger partial charge is 0.334 e.